The lowest BCUT2D eigenvalue weighted by Crippen LogP contribution is -2.03. The smallest absolute Gasteiger partial charge is 0.223 e. The van der Waals surface area contributed by atoms with Crippen LogP contribution < -0.4 is 10.0 Å². The summed E-state index contributed by atoms with van der Waals surface area (Å²) in [4.78, 5) is 16.8. The van der Waals surface area contributed by atoms with Gasteiger partial charge in [-0.3, -0.25) is 0 Å². The number of anilines is 2. The van der Waals surface area contributed by atoms with Gasteiger partial charge in [0.2, 0.25) is 5.95 Å². The highest BCUT2D eigenvalue weighted by atomic mass is 35.5. The Morgan fingerprint density at radius 3 is 2.83 bits per heavy atom. The van der Waals surface area contributed by atoms with E-state index in [-0.39, 0.29) is 10.7 Å². The van der Waals surface area contributed by atoms with E-state index >= 15 is 0 Å². The summed E-state index contributed by atoms with van der Waals surface area (Å²) in [6.45, 7) is 2.65. The molecule has 1 aliphatic rings. The Balaban J connectivity index is 1.87. The Kier molecular flexibility index (Phi) is 5.51. The van der Waals surface area contributed by atoms with Crippen LogP contribution in [0.25, 0.3) is 22.6 Å². The minimum atomic E-state index is -1.40. The zero-order chi connectivity index (χ0) is 20.5. The monoisotopic (exact) mass is 434 g/mol. The first kappa shape index (κ1) is 19.8. The number of aromatic nitrogens is 4. The lowest BCUT2D eigenvalue weighted by molar-refractivity contribution is 0.629. The Bertz CT molecular complexity index is 1080. The molecule has 152 valence electrons. The average Bonchev–Trinajstić information content (AvgIpc) is 3.43. The number of hydrogen-bond donors (Lipinski definition) is 3. The van der Waals surface area contributed by atoms with Gasteiger partial charge in [-0.2, -0.15) is 0 Å². The second kappa shape index (κ2) is 8.08. The van der Waals surface area contributed by atoms with Crippen molar-refractivity contribution in [2.75, 3.05) is 22.8 Å². The fourth-order valence-electron chi connectivity index (χ4n) is 3.05. The van der Waals surface area contributed by atoms with Crippen LogP contribution >= 0.6 is 11.6 Å². The standard InChI is InChI=1S/C19H20ClFN6OS/c1-3-22-19-23-7-6-13(24-19)17-16(25-18(26-17)10-4-5-10)12-8-11(21)9-14(15(12)20)27-29(2)28/h6-10,27H,3-5H2,1-2H3,(H,25,26)(H,22,23,24). The molecule has 0 bridgehead atoms. The average molecular weight is 435 g/mol. The van der Waals surface area contributed by atoms with Crippen LogP contribution in [0.3, 0.4) is 0 Å². The van der Waals surface area contributed by atoms with Crippen molar-refractivity contribution in [3.8, 4) is 22.6 Å². The molecular formula is C19H20ClFN6OS. The minimum absolute atomic E-state index is 0.248. The predicted octanol–water partition coefficient (Wildman–Crippen LogP) is 4.34. The maximum Gasteiger partial charge on any atom is 0.223 e. The summed E-state index contributed by atoms with van der Waals surface area (Å²) in [5, 5.41) is 3.33. The van der Waals surface area contributed by atoms with Crippen LogP contribution in [0.15, 0.2) is 24.4 Å². The van der Waals surface area contributed by atoms with E-state index in [2.05, 4.69) is 25.0 Å². The fourth-order valence-corrected chi connectivity index (χ4v) is 3.83. The molecule has 0 radical (unpaired) electrons. The second-order valence-electron chi connectivity index (χ2n) is 6.79. The van der Waals surface area contributed by atoms with Gasteiger partial charge < -0.3 is 15.0 Å². The van der Waals surface area contributed by atoms with Crippen LogP contribution in [-0.2, 0) is 11.0 Å². The van der Waals surface area contributed by atoms with Crippen molar-refractivity contribution in [2.45, 2.75) is 25.7 Å². The van der Waals surface area contributed by atoms with Gasteiger partial charge in [0.15, 0.2) is 0 Å². The number of imidazole rings is 1. The van der Waals surface area contributed by atoms with E-state index in [0.717, 1.165) is 18.7 Å². The molecule has 3 aromatic rings. The zero-order valence-corrected chi connectivity index (χ0v) is 17.5. The van der Waals surface area contributed by atoms with E-state index in [0.29, 0.717) is 41.1 Å². The fraction of sp³-hybridized carbons (Fsp3) is 0.316. The van der Waals surface area contributed by atoms with E-state index in [4.69, 9.17) is 16.6 Å². The summed E-state index contributed by atoms with van der Waals surface area (Å²) in [5.41, 5.74) is 2.42. The maximum atomic E-state index is 14.3. The molecule has 29 heavy (non-hydrogen) atoms. The van der Waals surface area contributed by atoms with Gasteiger partial charge in [0, 0.05) is 30.5 Å². The highest BCUT2D eigenvalue weighted by molar-refractivity contribution is 7.85. The second-order valence-corrected chi connectivity index (χ2v) is 8.28. The number of nitrogens with one attached hydrogen (secondary N) is 3. The van der Waals surface area contributed by atoms with Gasteiger partial charge in [-0.15, -0.1) is 0 Å². The SMILES string of the molecule is CCNc1nccc(-c2[nH]c(C3CC3)nc2-c2cc(F)cc(NS(C)=O)c2Cl)n1. The van der Waals surface area contributed by atoms with Crippen LogP contribution in [0.2, 0.25) is 5.02 Å². The summed E-state index contributed by atoms with van der Waals surface area (Å²) >= 11 is 6.54. The van der Waals surface area contributed by atoms with Gasteiger partial charge >= 0.3 is 0 Å². The minimum Gasteiger partial charge on any atom is -0.354 e. The highest BCUT2D eigenvalue weighted by Crippen LogP contribution is 2.43. The lowest BCUT2D eigenvalue weighted by Gasteiger charge is -2.11. The summed E-state index contributed by atoms with van der Waals surface area (Å²) in [6, 6.07) is 4.31. The molecular weight excluding hydrogens is 415 g/mol. The van der Waals surface area contributed by atoms with Gasteiger partial charge in [-0.05, 0) is 38.0 Å². The van der Waals surface area contributed by atoms with Crippen molar-refractivity contribution in [2.24, 2.45) is 0 Å². The molecule has 0 aliphatic heterocycles. The number of rotatable bonds is 7. The van der Waals surface area contributed by atoms with E-state index in [1.165, 1.54) is 18.4 Å². The van der Waals surface area contributed by atoms with Crippen LogP contribution in [0.4, 0.5) is 16.0 Å². The zero-order valence-electron chi connectivity index (χ0n) is 15.9. The molecule has 1 saturated carbocycles. The third kappa shape index (κ3) is 4.25. The third-order valence-corrected chi connectivity index (χ3v) is 5.39. The summed E-state index contributed by atoms with van der Waals surface area (Å²) in [7, 11) is -1.40. The van der Waals surface area contributed by atoms with Crippen molar-refractivity contribution in [3.05, 3.63) is 41.1 Å². The molecule has 1 aromatic carbocycles. The van der Waals surface area contributed by atoms with E-state index in [1.807, 2.05) is 6.92 Å². The maximum absolute atomic E-state index is 14.3. The summed E-state index contributed by atoms with van der Waals surface area (Å²) in [5.74, 6) is 1.17. The Morgan fingerprint density at radius 1 is 1.34 bits per heavy atom. The molecule has 2 heterocycles. The molecule has 2 aromatic heterocycles. The Hall–Kier alpha value is -2.52. The lowest BCUT2D eigenvalue weighted by atomic mass is 10.1. The number of aromatic amines is 1. The normalized spacial score (nSPS) is 14.6. The summed E-state index contributed by atoms with van der Waals surface area (Å²) < 4.78 is 28.6. The van der Waals surface area contributed by atoms with E-state index in [1.54, 1.807) is 12.3 Å². The molecule has 1 aliphatic carbocycles. The number of nitrogens with zero attached hydrogens (tertiary/aromatic N) is 3. The number of H-pyrrole nitrogens is 1. The van der Waals surface area contributed by atoms with E-state index < -0.39 is 16.8 Å². The van der Waals surface area contributed by atoms with Crippen LogP contribution in [0, 0.1) is 5.82 Å². The number of halogens is 2. The molecule has 4 rings (SSSR count). The molecule has 1 unspecified atom stereocenters. The van der Waals surface area contributed by atoms with Crippen molar-refractivity contribution in [1.29, 1.82) is 0 Å². The van der Waals surface area contributed by atoms with Crippen LogP contribution in [-0.4, -0.2) is 36.9 Å². The first-order chi connectivity index (χ1) is 14.0. The summed E-state index contributed by atoms with van der Waals surface area (Å²) in [6.07, 6.45) is 5.21. The van der Waals surface area contributed by atoms with Gasteiger partial charge in [0.25, 0.3) is 0 Å². The van der Waals surface area contributed by atoms with Gasteiger partial charge in [0.05, 0.1) is 27.8 Å². The molecule has 0 spiro atoms. The highest BCUT2D eigenvalue weighted by Gasteiger charge is 2.30. The topological polar surface area (TPSA) is 95.6 Å². The third-order valence-electron chi connectivity index (χ3n) is 4.48. The quantitative estimate of drug-likeness (QED) is 0.514. The first-order valence-corrected chi connectivity index (χ1v) is 11.2. The number of benzene rings is 1. The van der Waals surface area contributed by atoms with Crippen LogP contribution in [0.5, 0.6) is 0 Å². The number of hydrogen-bond acceptors (Lipinski definition) is 5. The van der Waals surface area contributed by atoms with Gasteiger partial charge in [-0.1, -0.05) is 11.6 Å². The molecule has 1 atom stereocenters. The van der Waals surface area contributed by atoms with Gasteiger partial charge in [0.1, 0.15) is 22.6 Å². The first-order valence-electron chi connectivity index (χ1n) is 9.23. The molecule has 10 heteroatoms. The van der Waals surface area contributed by atoms with Crippen molar-refractivity contribution in [1.82, 2.24) is 19.9 Å². The predicted molar refractivity (Wildman–Crippen MR) is 114 cm³/mol. The van der Waals surface area contributed by atoms with E-state index in [9.17, 15) is 8.60 Å². The van der Waals surface area contributed by atoms with Crippen molar-refractivity contribution in [3.63, 3.8) is 0 Å². The largest absolute Gasteiger partial charge is 0.354 e. The van der Waals surface area contributed by atoms with Crippen LogP contribution in [0.1, 0.15) is 31.5 Å². The molecule has 0 saturated heterocycles. The van der Waals surface area contributed by atoms with Crippen molar-refractivity contribution < 1.29 is 8.60 Å². The molecule has 0 amide bonds. The van der Waals surface area contributed by atoms with Gasteiger partial charge in [-0.25, -0.2) is 23.6 Å². The Labute approximate surface area is 175 Å². The molecule has 1 fully saturated rings. The Morgan fingerprint density at radius 2 is 2.14 bits per heavy atom. The molecule has 7 nitrogen and oxygen atoms in total. The molecule has 3 N–H and O–H groups in total. The van der Waals surface area contributed by atoms with Crippen molar-refractivity contribution >= 4 is 34.2 Å².